The summed E-state index contributed by atoms with van der Waals surface area (Å²) in [5.41, 5.74) is 0. The molecule has 0 aromatic carbocycles. The predicted molar refractivity (Wildman–Crippen MR) is 31.4 cm³/mol. The Hall–Kier alpha value is 1.95. The molecule has 3 N–H and O–H groups in total. The molecule has 0 rings (SSSR count). The van der Waals surface area contributed by atoms with Gasteiger partial charge in [-0.3, -0.25) is 0 Å². The van der Waals surface area contributed by atoms with Crippen molar-refractivity contribution in [2.45, 2.75) is 0 Å². The smallest absolute Gasteiger partial charge is 0 e. The van der Waals surface area contributed by atoms with Gasteiger partial charge in [0, 0.05) is 21.7 Å². The Labute approximate surface area is 84.5 Å². The van der Waals surface area contributed by atoms with Crippen molar-refractivity contribution in [2.75, 3.05) is 0 Å². The van der Waals surface area contributed by atoms with Crippen molar-refractivity contribution in [1.29, 1.82) is 0 Å². The molecule has 0 aromatic heterocycles. The maximum absolute atomic E-state index is 8.88. The van der Waals surface area contributed by atoms with Crippen molar-refractivity contribution in [3.63, 3.8) is 0 Å². The van der Waals surface area contributed by atoms with Crippen LogP contribution in [0.15, 0.2) is 0 Å². The van der Waals surface area contributed by atoms with Crippen LogP contribution in [-0.4, -0.2) is 50.9 Å². The molecular weight excluding hydrogens is 177 g/mol. The molecule has 0 aliphatic carbocycles. The zero-order valence-electron chi connectivity index (χ0n) is 2.70. The second-order valence-corrected chi connectivity index (χ2v) is 1.54. The fraction of sp³-hybridized carbons (Fsp3) is 0. The molecular formula is H7AlLiO4PTi. The third kappa shape index (κ3) is 101. The quantitative estimate of drug-likeness (QED) is 0.281. The summed E-state index contributed by atoms with van der Waals surface area (Å²) < 4.78 is 8.88. The zero-order valence-corrected chi connectivity index (χ0v) is 5.15. The molecule has 44 valence electrons. The zero-order chi connectivity index (χ0) is 4.50. The van der Waals surface area contributed by atoms with Crippen molar-refractivity contribution < 1.29 is 41.0 Å². The molecule has 0 bridgehead atoms. The van der Waals surface area contributed by atoms with E-state index in [-0.39, 0.29) is 57.9 Å². The van der Waals surface area contributed by atoms with Crippen LogP contribution in [0.3, 0.4) is 0 Å². The Morgan fingerprint density at radius 3 is 1.12 bits per heavy atom. The van der Waals surface area contributed by atoms with Gasteiger partial charge in [-0.25, -0.2) is 4.57 Å². The van der Waals surface area contributed by atoms with Gasteiger partial charge in [-0.15, -0.1) is 0 Å². The van der Waals surface area contributed by atoms with Crippen molar-refractivity contribution >= 4 is 44.0 Å². The van der Waals surface area contributed by atoms with E-state index in [1.165, 1.54) is 0 Å². The van der Waals surface area contributed by atoms with Crippen LogP contribution in [-0.2, 0) is 26.3 Å². The van der Waals surface area contributed by atoms with Crippen molar-refractivity contribution in [3.05, 3.63) is 0 Å². The maximum atomic E-state index is 8.88. The van der Waals surface area contributed by atoms with E-state index in [1.54, 1.807) is 0 Å². The summed E-state index contributed by atoms with van der Waals surface area (Å²) in [6.07, 6.45) is 0. The van der Waals surface area contributed by atoms with Gasteiger partial charge in [-0.2, -0.15) is 0 Å². The van der Waals surface area contributed by atoms with Crippen LogP contribution in [0.4, 0.5) is 0 Å². The summed E-state index contributed by atoms with van der Waals surface area (Å²) in [5, 5.41) is 0. The van der Waals surface area contributed by atoms with E-state index >= 15 is 0 Å². The summed E-state index contributed by atoms with van der Waals surface area (Å²) in [6, 6.07) is 0. The Bertz CT molecular complexity index is 62.2. The molecule has 0 unspecified atom stereocenters. The maximum Gasteiger partial charge on any atom is 0 e. The van der Waals surface area contributed by atoms with Crippen LogP contribution in [0.1, 0.15) is 0 Å². The van der Waals surface area contributed by atoms with Crippen molar-refractivity contribution in [1.82, 2.24) is 0 Å². The minimum absolute atomic E-state index is 0. The molecule has 0 fully saturated rings. The fourth-order valence-electron chi connectivity index (χ4n) is 0. The van der Waals surface area contributed by atoms with Crippen LogP contribution < -0.4 is 0 Å². The Morgan fingerprint density at radius 2 is 1.12 bits per heavy atom. The van der Waals surface area contributed by atoms with E-state index in [2.05, 4.69) is 0 Å². The van der Waals surface area contributed by atoms with E-state index in [9.17, 15) is 0 Å². The van der Waals surface area contributed by atoms with Crippen LogP contribution in [0.2, 0.25) is 0 Å². The van der Waals surface area contributed by atoms with Gasteiger partial charge in [-0.1, -0.05) is 0 Å². The molecule has 0 saturated heterocycles. The third-order valence-electron chi connectivity index (χ3n) is 0. The topological polar surface area (TPSA) is 77.8 Å². The van der Waals surface area contributed by atoms with E-state index in [1.807, 2.05) is 0 Å². The Morgan fingerprint density at radius 1 is 1.12 bits per heavy atom. The summed E-state index contributed by atoms with van der Waals surface area (Å²) in [6.45, 7) is 0. The summed E-state index contributed by atoms with van der Waals surface area (Å²) in [4.78, 5) is 21.6. The molecule has 0 radical (unpaired) electrons. The largest absolute Gasteiger partial charge is 0 e. The van der Waals surface area contributed by atoms with E-state index in [4.69, 9.17) is 19.2 Å². The number of phosphoric acid groups is 1. The van der Waals surface area contributed by atoms with E-state index in [0.29, 0.717) is 0 Å². The van der Waals surface area contributed by atoms with Gasteiger partial charge in [0.15, 0.2) is 17.4 Å². The standard InChI is InChI=1S/Al.Li.H3O4P.Ti.4H/c;;1-5(2,3)4;;;;;/h;;(H3,1,2,3,4);;;;;. The minimum atomic E-state index is -4.64. The summed E-state index contributed by atoms with van der Waals surface area (Å²) >= 11 is 0. The Balaban J connectivity index is -0.0000000267. The molecule has 0 amide bonds. The molecule has 8 heteroatoms. The number of rotatable bonds is 0. The van der Waals surface area contributed by atoms with Gasteiger partial charge < -0.3 is 14.7 Å². The minimum Gasteiger partial charge on any atom is 0 e. The summed E-state index contributed by atoms with van der Waals surface area (Å²) in [5.74, 6) is 0. The van der Waals surface area contributed by atoms with Gasteiger partial charge >= 0.3 is 26.7 Å². The second-order valence-electron chi connectivity index (χ2n) is 0.513. The third-order valence-corrected chi connectivity index (χ3v) is 0. The van der Waals surface area contributed by atoms with Gasteiger partial charge in [0.25, 0.3) is 0 Å². The van der Waals surface area contributed by atoms with Crippen molar-refractivity contribution in [3.8, 4) is 0 Å². The number of hydrogen-bond acceptors (Lipinski definition) is 1. The molecule has 0 aliphatic rings. The van der Waals surface area contributed by atoms with E-state index in [0.717, 1.165) is 0 Å². The van der Waals surface area contributed by atoms with Crippen LogP contribution in [0.25, 0.3) is 0 Å². The van der Waals surface area contributed by atoms with Gasteiger partial charge in [0.05, 0.1) is 0 Å². The first-order valence-corrected chi connectivity index (χ1v) is 2.35. The van der Waals surface area contributed by atoms with Crippen LogP contribution >= 0.6 is 7.82 Å². The van der Waals surface area contributed by atoms with Gasteiger partial charge in [-0.05, 0) is 0 Å². The first kappa shape index (κ1) is 22.5. The average molecular weight is 184 g/mol. The predicted octanol–water partition coefficient (Wildman–Crippen LogP) is -2.76. The molecule has 0 spiro atoms. The summed E-state index contributed by atoms with van der Waals surface area (Å²) in [7, 11) is -4.64. The number of hydrogen-bond donors (Lipinski definition) is 3. The molecule has 0 atom stereocenters. The van der Waals surface area contributed by atoms with Crippen LogP contribution in [0, 0.1) is 0 Å². The molecule has 0 aliphatic heterocycles. The van der Waals surface area contributed by atoms with E-state index < -0.39 is 7.82 Å². The van der Waals surface area contributed by atoms with Crippen LogP contribution in [0.5, 0.6) is 0 Å². The monoisotopic (exact) mass is 184 g/mol. The molecule has 0 aromatic rings. The molecule has 4 nitrogen and oxygen atoms in total. The first-order chi connectivity index (χ1) is 2.00. The van der Waals surface area contributed by atoms with Crippen molar-refractivity contribution in [2.24, 2.45) is 0 Å². The molecule has 8 heavy (non-hydrogen) atoms. The van der Waals surface area contributed by atoms with Gasteiger partial charge in [0.2, 0.25) is 0 Å². The first-order valence-electron chi connectivity index (χ1n) is 0.783. The normalized spacial score (nSPS) is 7.38. The Kier molecular flexibility index (Phi) is 25.2. The fourth-order valence-corrected chi connectivity index (χ4v) is 0. The molecule has 0 saturated carbocycles. The SMILES string of the molecule is O=P(O)(O)O.[AlH3].[LiH].[Ti]. The van der Waals surface area contributed by atoms with Gasteiger partial charge in [0.1, 0.15) is 0 Å². The second kappa shape index (κ2) is 8.95. The molecule has 0 heterocycles. The average Bonchev–Trinajstić information content (AvgIpc) is 0.722.